The maximum absolute atomic E-state index is 13.4. The van der Waals surface area contributed by atoms with Gasteiger partial charge in [-0.25, -0.2) is 18.2 Å². The molecule has 3 aromatic carbocycles. The van der Waals surface area contributed by atoms with Gasteiger partial charge in [-0.05, 0) is 54.1 Å². The van der Waals surface area contributed by atoms with Crippen molar-refractivity contribution in [1.82, 2.24) is 5.43 Å². The number of benzene rings is 3. The van der Waals surface area contributed by atoms with Gasteiger partial charge in [0.15, 0.2) is 0 Å². The first kappa shape index (κ1) is 23.7. The Labute approximate surface area is 191 Å². The Morgan fingerprint density at radius 1 is 1.06 bits per heavy atom. The number of ether oxygens (including phenoxy) is 1. The number of carbonyl (C=O) groups is 1. The third kappa shape index (κ3) is 6.50. The molecular weight excluding hydrogens is 445 g/mol. The summed E-state index contributed by atoms with van der Waals surface area (Å²) in [5, 5.41) is 3.90. The van der Waals surface area contributed by atoms with E-state index in [0.717, 1.165) is 16.4 Å². The van der Waals surface area contributed by atoms with Crippen LogP contribution in [-0.4, -0.2) is 33.7 Å². The zero-order chi connectivity index (χ0) is 23.7. The summed E-state index contributed by atoms with van der Waals surface area (Å²) in [5.74, 6) is -0.583. The number of carbonyl (C=O) groups excluding carboxylic acids is 1. The van der Waals surface area contributed by atoms with Gasteiger partial charge in [0.25, 0.3) is 15.9 Å². The van der Waals surface area contributed by atoms with E-state index in [1.54, 1.807) is 48.5 Å². The second kappa shape index (κ2) is 11.1. The van der Waals surface area contributed by atoms with Gasteiger partial charge in [-0.1, -0.05) is 43.0 Å². The van der Waals surface area contributed by atoms with Crippen molar-refractivity contribution in [1.29, 1.82) is 0 Å². The molecule has 0 saturated carbocycles. The molecule has 170 valence electrons. The van der Waals surface area contributed by atoms with Crippen LogP contribution < -0.4 is 14.5 Å². The van der Waals surface area contributed by atoms with E-state index in [-0.39, 0.29) is 10.6 Å². The number of hydrogen-bond donors (Lipinski definition) is 1. The van der Waals surface area contributed by atoms with Crippen LogP contribution >= 0.6 is 0 Å². The second-order valence-electron chi connectivity index (χ2n) is 6.77. The van der Waals surface area contributed by atoms with E-state index in [1.807, 2.05) is 0 Å². The first-order valence-corrected chi connectivity index (χ1v) is 11.3. The van der Waals surface area contributed by atoms with Crippen LogP contribution in [0.3, 0.4) is 0 Å². The Morgan fingerprint density at radius 2 is 1.79 bits per heavy atom. The van der Waals surface area contributed by atoms with Crippen molar-refractivity contribution in [2.24, 2.45) is 5.10 Å². The predicted octanol–water partition coefficient (Wildman–Crippen LogP) is 3.74. The summed E-state index contributed by atoms with van der Waals surface area (Å²) in [4.78, 5) is 12.5. The van der Waals surface area contributed by atoms with Crippen molar-refractivity contribution in [2.45, 2.75) is 4.90 Å². The van der Waals surface area contributed by atoms with Crippen LogP contribution in [0.2, 0.25) is 0 Å². The highest BCUT2D eigenvalue weighted by molar-refractivity contribution is 7.92. The zero-order valence-corrected chi connectivity index (χ0v) is 18.4. The lowest BCUT2D eigenvalue weighted by molar-refractivity contribution is -0.119. The molecule has 0 saturated heterocycles. The quantitative estimate of drug-likeness (QED) is 0.280. The summed E-state index contributed by atoms with van der Waals surface area (Å²) in [6, 6.07) is 19.5. The van der Waals surface area contributed by atoms with Gasteiger partial charge >= 0.3 is 0 Å². The van der Waals surface area contributed by atoms with Gasteiger partial charge in [-0.2, -0.15) is 5.10 Å². The lowest BCUT2D eigenvalue weighted by Crippen LogP contribution is -2.39. The molecule has 0 aliphatic carbocycles. The van der Waals surface area contributed by atoms with E-state index in [4.69, 9.17) is 4.74 Å². The van der Waals surface area contributed by atoms with Crippen molar-refractivity contribution < 1.29 is 22.3 Å². The molecule has 33 heavy (non-hydrogen) atoms. The average Bonchev–Trinajstić information content (AvgIpc) is 2.83. The van der Waals surface area contributed by atoms with Crippen LogP contribution in [0.15, 0.2) is 102 Å². The standard InChI is InChI=1S/C24H22FN3O4S/c1-2-15-32-22-8-6-7-19(16-22)17-26-27-24(29)18-28(21-13-11-20(25)12-14-21)33(30,31)23-9-4-3-5-10-23/h2-14,16-17H,1,15,18H2,(H,27,29)/b26-17-. The Balaban J connectivity index is 1.76. The highest BCUT2D eigenvalue weighted by atomic mass is 32.2. The summed E-state index contributed by atoms with van der Waals surface area (Å²) in [7, 11) is -4.08. The van der Waals surface area contributed by atoms with Crippen LogP contribution in [-0.2, 0) is 14.8 Å². The molecule has 1 N–H and O–H groups in total. The number of anilines is 1. The molecule has 0 aromatic heterocycles. The molecule has 0 unspecified atom stereocenters. The molecule has 0 aliphatic heterocycles. The van der Waals surface area contributed by atoms with Gasteiger partial charge in [-0.3, -0.25) is 9.10 Å². The molecule has 0 atom stereocenters. The molecular formula is C24H22FN3O4S. The molecule has 1 amide bonds. The summed E-state index contributed by atoms with van der Waals surface area (Å²) in [6.07, 6.45) is 3.03. The number of rotatable bonds is 10. The van der Waals surface area contributed by atoms with Crippen LogP contribution in [0.1, 0.15) is 5.56 Å². The van der Waals surface area contributed by atoms with E-state index >= 15 is 0 Å². The van der Waals surface area contributed by atoms with Crippen molar-refractivity contribution in [2.75, 3.05) is 17.5 Å². The Hall–Kier alpha value is -3.98. The van der Waals surface area contributed by atoms with Gasteiger partial charge in [0.05, 0.1) is 16.8 Å². The maximum atomic E-state index is 13.4. The topological polar surface area (TPSA) is 88.1 Å². The Morgan fingerprint density at radius 3 is 2.48 bits per heavy atom. The van der Waals surface area contributed by atoms with Gasteiger partial charge in [0.2, 0.25) is 0 Å². The number of hydrogen-bond acceptors (Lipinski definition) is 5. The van der Waals surface area contributed by atoms with E-state index in [2.05, 4.69) is 17.1 Å². The lowest BCUT2D eigenvalue weighted by Gasteiger charge is -2.23. The van der Waals surface area contributed by atoms with E-state index < -0.39 is 28.3 Å². The number of nitrogens with one attached hydrogen (secondary N) is 1. The minimum atomic E-state index is -4.08. The molecule has 0 aliphatic rings. The third-order valence-electron chi connectivity index (χ3n) is 4.36. The van der Waals surface area contributed by atoms with E-state index in [9.17, 15) is 17.6 Å². The van der Waals surface area contributed by atoms with Crippen molar-refractivity contribution in [3.63, 3.8) is 0 Å². The van der Waals surface area contributed by atoms with E-state index in [0.29, 0.717) is 17.9 Å². The largest absolute Gasteiger partial charge is 0.490 e. The first-order chi connectivity index (χ1) is 15.9. The molecule has 0 fully saturated rings. The third-order valence-corrected chi connectivity index (χ3v) is 6.15. The smallest absolute Gasteiger partial charge is 0.264 e. The minimum Gasteiger partial charge on any atom is -0.490 e. The van der Waals surface area contributed by atoms with E-state index in [1.165, 1.54) is 30.5 Å². The second-order valence-corrected chi connectivity index (χ2v) is 8.63. The fourth-order valence-corrected chi connectivity index (χ4v) is 4.27. The number of nitrogens with zero attached hydrogens (tertiary/aromatic N) is 2. The minimum absolute atomic E-state index is 0.00182. The summed E-state index contributed by atoms with van der Waals surface area (Å²) in [5.41, 5.74) is 3.14. The van der Waals surface area contributed by atoms with Gasteiger partial charge in [-0.15, -0.1) is 0 Å². The molecule has 0 spiro atoms. The first-order valence-electron chi connectivity index (χ1n) is 9.89. The summed E-state index contributed by atoms with van der Waals surface area (Å²) < 4.78 is 46.1. The molecule has 0 radical (unpaired) electrons. The zero-order valence-electron chi connectivity index (χ0n) is 17.6. The monoisotopic (exact) mass is 467 g/mol. The lowest BCUT2D eigenvalue weighted by atomic mass is 10.2. The molecule has 0 bridgehead atoms. The maximum Gasteiger partial charge on any atom is 0.264 e. The van der Waals surface area contributed by atoms with Crippen molar-refractivity contribution in [3.8, 4) is 5.75 Å². The fraction of sp³-hybridized carbons (Fsp3) is 0.0833. The predicted molar refractivity (Wildman–Crippen MR) is 125 cm³/mol. The SMILES string of the molecule is C=CCOc1cccc(/C=N\NC(=O)CN(c2ccc(F)cc2)S(=O)(=O)c2ccccc2)c1. The normalized spacial score (nSPS) is 11.2. The van der Waals surface area contributed by atoms with Crippen molar-refractivity contribution >= 4 is 27.8 Å². The molecule has 0 heterocycles. The van der Waals surface area contributed by atoms with Crippen LogP contribution in [0.4, 0.5) is 10.1 Å². The highest BCUT2D eigenvalue weighted by Gasteiger charge is 2.27. The highest BCUT2D eigenvalue weighted by Crippen LogP contribution is 2.23. The summed E-state index contributed by atoms with van der Waals surface area (Å²) >= 11 is 0. The Bertz CT molecular complexity index is 1230. The van der Waals surface area contributed by atoms with Crippen LogP contribution in [0.5, 0.6) is 5.75 Å². The van der Waals surface area contributed by atoms with Crippen LogP contribution in [0, 0.1) is 5.82 Å². The number of hydrazone groups is 1. The van der Waals surface area contributed by atoms with Crippen LogP contribution in [0.25, 0.3) is 0 Å². The summed E-state index contributed by atoms with van der Waals surface area (Å²) in [6.45, 7) is 3.39. The fourth-order valence-electron chi connectivity index (χ4n) is 2.83. The van der Waals surface area contributed by atoms with Gasteiger partial charge in [0, 0.05) is 0 Å². The number of halogens is 1. The number of amides is 1. The van der Waals surface area contributed by atoms with Gasteiger partial charge in [0.1, 0.15) is 24.7 Å². The average molecular weight is 468 g/mol. The number of sulfonamides is 1. The molecule has 3 rings (SSSR count). The Kier molecular flexibility index (Phi) is 7.93. The molecule has 9 heteroatoms. The van der Waals surface area contributed by atoms with Crippen molar-refractivity contribution in [3.05, 3.63) is 103 Å². The molecule has 7 nitrogen and oxygen atoms in total. The molecule has 3 aromatic rings. The van der Waals surface area contributed by atoms with Gasteiger partial charge < -0.3 is 4.74 Å².